The van der Waals surface area contributed by atoms with Crippen molar-refractivity contribution in [3.63, 3.8) is 0 Å². The summed E-state index contributed by atoms with van der Waals surface area (Å²) in [5.74, 6) is 0. The van der Waals surface area contributed by atoms with E-state index in [0.717, 1.165) is 12.6 Å². The number of rotatable bonds is 4. The van der Waals surface area contributed by atoms with Crippen molar-refractivity contribution in [2.75, 3.05) is 7.05 Å². The lowest BCUT2D eigenvalue weighted by molar-refractivity contribution is 0.212. The van der Waals surface area contributed by atoms with Crippen molar-refractivity contribution in [2.24, 2.45) is 5.73 Å². The molecule has 0 bridgehead atoms. The Bertz CT molecular complexity index is 398. The molecule has 2 N–H and O–H groups in total. The summed E-state index contributed by atoms with van der Waals surface area (Å²) in [6.45, 7) is 1.63. The lowest BCUT2D eigenvalue weighted by Gasteiger charge is -2.27. The molecule has 0 radical (unpaired) electrons. The van der Waals surface area contributed by atoms with Gasteiger partial charge in [0.15, 0.2) is 0 Å². The molecule has 1 aromatic carbocycles. The van der Waals surface area contributed by atoms with Gasteiger partial charge in [-0.05, 0) is 37.1 Å². The molecule has 2 rings (SSSR count). The highest BCUT2D eigenvalue weighted by atomic mass is 79.9. The van der Waals surface area contributed by atoms with Crippen molar-refractivity contribution < 1.29 is 0 Å². The molecule has 0 aliphatic heterocycles. The van der Waals surface area contributed by atoms with Crippen LogP contribution in [0.25, 0.3) is 0 Å². The Hall–Kier alpha value is -0.380. The Morgan fingerprint density at radius 2 is 1.89 bits per heavy atom. The highest BCUT2D eigenvalue weighted by molar-refractivity contribution is 9.10. The maximum atomic E-state index is 5.67. The summed E-state index contributed by atoms with van der Waals surface area (Å²) in [7, 11) is 2.26. The Balaban J connectivity index is 1.99. The minimum absolute atomic E-state index is 0.608. The number of nitrogens with zero attached hydrogens (tertiary/aromatic N) is 1. The number of hydrogen-bond donors (Lipinski definition) is 1. The van der Waals surface area contributed by atoms with Gasteiger partial charge in [-0.2, -0.15) is 0 Å². The van der Waals surface area contributed by atoms with Crippen molar-refractivity contribution >= 4 is 15.9 Å². The van der Waals surface area contributed by atoms with Crippen LogP contribution in [0.15, 0.2) is 22.7 Å². The van der Waals surface area contributed by atoms with E-state index < -0.39 is 0 Å². The summed E-state index contributed by atoms with van der Waals surface area (Å²) in [5, 5.41) is 0. The minimum Gasteiger partial charge on any atom is -0.326 e. The molecule has 1 aromatic rings. The second-order valence-electron chi connectivity index (χ2n) is 5.69. The van der Waals surface area contributed by atoms with Crippen molar-refractivity contribution in [1.29, 1.82) is 0 Å². The normalized spacial score (nSPS) is 17.7. The van der Waals surface area contributed by atoms with Crippen LogP contribution >= 0.6 is 15.9 Å². The predicted molar refractivity (Wildman–Crippen MR) is 85.0 cm³/mol. The molecule has 2 nitrogen and oxygen atoms in total. The Morgan fingerprint density at radius 1 is 1.21 bits per heavy atom. The van der Waals surface area contributed by atoms with Crippen LogP contribution in [0.5, 0.6) is 0 Å². The molecule has 0 amide bonds. The van der Waals surface area contributed by atoms with E-state index in [4.69, 9.17) is 5.73 Å². The van der Waals surface area contributed by atoms with Gasteiger partial charge in [0.2, 0.25) is 0 Å². The molecule has 1 fully saturated rings. The van der Waals surface area contributed by atoms with Gasteiger partial charge in [0.05, 0.1) is 0 Å². The monoisotopic (exact) mass is 324 g/mol. The standard InChI is InChI=1S/C16H25BrN2/c1-19(15-6-4-2-3-5-7-15)12-14-9-8-13(11-18)10-16(14)17/h8-10,15H,2-7,11-12,18H2,1H3. The second kappa shape index (κ2) is 7.41. The summed E-state index contributed by atoms with van der Waals surface area (Å²) in [4.78, 5) is 2.52. The fourth-order valence-corrected chi connectivity index (χ4v) is 3.49. The maximum Gasteiger partial charge on any atom is 0.0244 e. The molecule has 0 atom stereocenters. The lowest BCUT2D eigenvalue weighted by atomic mass is 10.1. The number of benzene rings is 1. The van der Waals surface area contributed by atoms with E-state index in [1.807, 2.05) is 0 Å². The summed E-state index contributed by atoms with van der Waals surface area (Å²) in [6, 6.07) is 7.25. The fraction of sp³-hybridized carbons (Fsp3) is 0.625. The van der Waals surface area contributed by atoms with Crippen molar-refractivity contribution in [3.8, 4) is 0 Å². The van der Waals surface area contributed by atoms with Crippen LogP contribution in [0, 0.1) is 0 Å². The zero-order valence-corrected chi connectivity index (χ0v) is 13.5. The molecular formula is C16H25BrN2. The maximum absolute atomic E-state index is 5.67. The zero-order chi connectivity index (χ0) is 13.7. The first-order valence-corrected chi connectivity index (χ1v) is 8.17. The Morgan fingerprint density at radius 3 is 2.47 bits per heavy atom. The topological polar surface area (TPSA) is 29.3 Å². The van der Waals surface area contributed by atoms with Crippen LogP contribution in [-0.4, -0.2) is 18.0 Å². The molecule has 0 saturated heterocycles. The summed E-state index contributed by atoms with van der Waals surface area (Å²) in [6.07, 6.45) is 8.33. The molecule has 0 unspecified atom stereocenters. The van der Waals surface area contributed by atoms with Crippen molar-refractivity contribution in [2.45, 2.75) is 57.7 Å². The average Bonchev–Trinajstić information content (AvgIpc) is 2.70. The third-order valence-electron chi connectivity index (χ3n) is 4.22. The van der Waals surface area contributed by atoms with Crippen LogP contribution in [0.3, 0.4) is 0 Å². The zero-order valence-electron chi connectivity index (χ0n) is 11.9. The molecule has 19 heavy (non-hydrogen) atoms. The summed E-state index contributed by atoms with van der Waals surface area (Å²) < 4.78 is 1.19. The van der Waals surface area contributed by atoms with Gasteiger partial charge in [-0.3, -0.25) is 4.90 Å². The van der Waals surface area contributed by atoms with Gasteiger partial charge in [0, 0.05) is 23.6 Å². The highest BCUT2D eigenvalue weighted by Gasteiger charge is 2.17. The largest absolute Gasteiger partial charge is 0.326 e. The van der Waals surface area contributed by atoms with E-state index in [0.29, 0.717) is 6.54 Å². The number of hydrogen-bond acceptors (Lipinski definition) is 2. The van der Waals surface area contributed by atoms with E-state index in [1.165, 1.54) is 54.1 Å². The van der Waals surface area contributed by atoms with E-state index in [9.17, 15) is 0 Å². The summed E-state index contributed by atoms with van der Waals surface area (Å²) in [5.41, 5.74) is 8.23. The Kier molecular flexibility index (Phi) is 5.86. The minimum atomic E-state index is 0.608. The third-order valence-corrected chi connectivity index (χ3v) is 4.96. The van der Waals surface area contributed by atoms with Gasteiger partial charge in [-0.25, -0.2) is 0 Å². The van der Waals surface area contributed by atoms with Crippen LogP contribution in [0.4, 0.5) is 0 Å². The number of halogens is 1. The first kappa shape index (κ1) is 15.0. The molecule has 3 heteroatoms. The van der Waals surface area contributed by atoms with Gasteiger partial charge in [0.1, 0.15) is 0 Å². The third kappa shape index (κ3) is 4.30. The molecule has 1 saturated carbocycles. The average molecular weight is 325 g/mol. The van der Waals surface area contributed by atoms with E-state index in [2.05, 4.69) is 46.1 Å². The van der Waals surface area contributed by atoms with Gasteiger partial charge < -0.3 is 5.73 Å². The quantitative estimate of drug-likeness (QED) is 0.846. The molecule has 106 valence electrons. The first-order valence-electron chi connectivity index (χ1n) is 7.38. The van der Waals surface area contributed by atoms with E-state index in [-0.39, 0.29) is 0 Å². The molecule has 0 heterocycles. The van der Waals surface area contributed by atoms with Crippen molar-refractivity contribution in [1.82, 2.24) is 4.90 Å². The highest BCUT2D eigenvalue weighted by Crippen LogP contribution is 2.25. The van der Waals surface area contributed by atoms with Gasteiger partial charge in [-0.15, -0.1) is 0 Å². The van der Waals surface area contributed by atoms with Crippen molar-refractivity contribution in [3.05, 3.63) is 33.8 Å². The first-order chi connectivity index (χ1) is 9.20. The van der Waals surface area contributed by atoms with Gasteiger partial charge in [-0.1, -0.05) is 53.7 Å². The van der Waals surface area contributed by atoms with Crippen LogP contribution in [0.2, 0.25) is 0 Å². The van der Waals surface area contributed by atoms with Gasteiger partial charge in [0.25, 0.3) is 0 Å². The van der Waals surface area contributed by atoms with E-state index in [1.54, 1.807) is 0 Å². The number of nitrogens with two attached hydrogens (primary N) is 1. The predicted octanol–water partition coefficient (Wildman–Crippen LogP) is 4.06. The smallest absolute Gasteiger partial charge is 0.0244 e. The van der Waals surface area contributed by atoms with E-state index >= 15 is 0 Å². The SMILES string of the molecule is CN(Cc1ccc(CN)cc1Br)C1CCCCCC1. The van der Waals surface area contributed by atoms with Crippen LogP contribution in [-0.2, 0) is 13.1 Å². The molecule has 1 aliphatic carbocycles. The lowest BCUT2D eigenvalue weighted by Crippen LogP contribution is -2.30. The Labute approximate surface area is 125 Å². The fourth-order valence-electron chi connectivity index (χ4n) is 2.94. The van der Waals surface area contributed by atoms with Crippen LogP contribution in [0.1, 0.15) is 49.7 Å². The molecule has 0 spiro atoms. The summed E-state index contributed by atoms with van der Waals surface area (Å²) >= 11 is 3.67. The van der Waals surface area contributed by atoms with Crippen LogP contribution < -0.4 is 5.73 Å². The second-order valence-corrected chi connectivity index (χ2v) is 6.54. The molecular weight excluding hydrogens is 300 g/mol. The van der Waals surface area contributed by atoms with Gasteiger partial charge >= 0.3 is 0 Å². The molecule has 1 aliphatic rings. The molecule has 0 aromatic heterocycles.